The van der Waals surface area contributed by atoms with Crippen LogP contribution in [-0.2, 0) is 21.7 Å². The molecule has 0 aliphatic carbocycles. The highest BCUT2D eigenvalue weighted by Gasteiger charge is 2.32. The molecule has 1 aliphatic heterocycles. The molecule has 2 heterocycles. The van der Waals surface area contributed by atoms with Gasteiger partial charge in [-0.15, -0.1) is 0 Å². The van der Waals surface area contributed by atoms with Crippen LogP contribution >= 0.6 is 0 Å². The summed E-state index contributed by atoms with van der Waals surface area (Å²) in [6.07, 6.45) is 4.68. The zero-order valence-electron chi connectivity index (χ0n) is 14.9. The number of carbonyl (C=O) groups excluding carboxylic acids is 1. The molecule has 1 fully saturated rings. The molecule has 0 bridgehead atoms. The van der Waals surface area contributed by atoms with Crippen LogP contribution in [0.4, 0.5) is 0 Å². The second-order valence-electron chi connectivity index (χ2n) is 6.80. The van der Waals surface area contributed by atoms with Crippen LogP contribution in [0.3, 0.4) is 0 Å². The second-order valence-corrected chi connectivity index (χ2v) is 8.83. The molecule has 0 saturated carbocycles. The van der Waals surface area contributed by atoms with Crippen molar-refractivity contribution in [3.05, 3.63) is 48.3 Å². The van der Waals surface area contributed by atoms with Gasteiger partial charge in [-0.05, 0) is 25.5 Å². The highest BCUT2D eigenvalue weighted by atomic mass is 32.2. The van der Waals surface area contributed by atoms with E-state index in [2.05, 4.69) is 15.7 Å². The summed E-state index contributed by atoms with van der Waals surface area (Å²) in [5.41, 5.74) is 0.913. The van der Waals surface area contributed by atoms with E-state index in [1.165, 1.54) is 0 Å². The standard InChI is InChI=1S/C18H24N4O3S/c1-13(12-26(24,25)15-6-4-3-5-7-15)20-16-8-9-17(23)21-18(16)14-10-19-22(2)11-14/h3-7,10-11,13,16,18,20H,8-9,12H2,1-2H3,(H,21,23)/t13-,16+,18-/m0/s1. The molecule has 7 nitrogen and oxygen atoms in total. The van der Waals surface area contributed by atoms with E-state index in [9.17, 15) is 13.2 Å². The molecule has 0 spiro atoms. The Morgan fingerprint density at radius 1 is 1.35 bits per heavy atom. The SMILES string of the molecule is C[C@@H](CS(=O)(=O)c1ccccc1)N[C@@H]1CCC(=O)N[C@H]1c1cnn(C)c1. The largest absolute Gasteiger partial charge is 0.348 e. The van der Waals surface area contributed by atoms with Gasteiger partial charge in [0.2, 0.25) is 5.91 Å². The molecule has 1 amide bonds. The molecule has 2 N–H and O–H groups in total. The Morgan fingerprint density at radius 2 is 2.08 bits per heavy atom. The van der Waals surface area contributed by atoms with Gasteiger partial charge < -0.3 is 10.6 Å². The van der Waals surface area contributed by atoms with E-state index in [0.29, 0.717) is 17.7 Å². The van der Waals surface area contributed by atoms with Gasteiger partial charge >= 0.3 is 0 Å². The van der Waals surface area contributed by atoms with Crippen molar-refractivity contribution in [1.82, 2.24) is 20.4 Å². The molecular weight excluding hydrogens is 352 g/mol. The van der Waals surface area contributed by atoms with E-state index in [1.54, 1.807) is 41.2 Å². The van der Waals surface area contributed by atoms with Gasteiger partial charge in [-0.1, -0.05) is 18.2 Å². The molecule has 26 heavy (non-hydrogen) atoms. The number of piperidine rings is 1. The van der Waals surface area contributed by atoms with Crippen LogP contribution < -0.4 is 10.6 Å². The van der Waals surface area contributed by atoms with E-state index < -0.39 is 9.84 Å². The Kier molecular flexibility index (Phi) is 5.43. The monoisotopic (exact) mass is 376 g/mol. The zero-order valence-corrected chi connectivity index (χ0v) is 15.7. The maximum Gasteiger partial charge on any atom is 0.220 e. The lowest BCUT2D eigenvalue weighted by molar-refractivity contribution is -0.124. The highest BCUT2D eigenvalue weighted by Crippen LogP contribution is 2.24. The quantitative estimate of drug-likeness (QED) is 0.790. The number of nitrogens with one attached hydrogen (secondary N) is 2. The molecular formula is C18H24N4O3S. The third kappa shape index (κ3) is 4.31. The molecule has 1 aromatic carbocycles. The summed E-state index contributed by atoms with van der Waals surface area (Å²) in [7, 11) is -1.54. The lowest BCUT2D eigenvalue weighted by Gasteiger charge is -2.34. The molecule has 0 unspecified atom stereocenters. The van der Waals surface area contributed by atoms with Crippen LogP contribution in [0.15, 0.2) is 47.6 Å². The molecule has 140 valence electrons. The Hall–Kier alpha value is -2.19. The second kappa shape index (κ2) is 7.59. The smallest absolute Gasteiger partial charge is 0.220 e. The summed E-state index contributed by atoms with van der Waals surface area (Å²) in [6.45, 7) is 1.86. The number of hydrogen-bond donors (Lipinski definition) is 2. The van der Waals surface area contributed by atoms with E-state index in [-0.39, 0.29) is 29.8 Å². The average Bonchev–Trinajstić information content (AvgIpc) is 3.03. The minimum Gasteiger partial charge on any atom is -0.348 e. The van der Waals surface area contributed by atoms with Crippen molar-refractivity contribution >= 4 is 15.7 Å². The molecule has 3 rings (SSSR count). The van der Waals surface area contributed by atoms with Crippen LogP contribution in [0.25, 0.3) is 0 Å². The molecule has 2 aromatic rings. The lowest BCUT2D eigenvalue weighted by Crippen LogP contribution is -2.51. The van der Waals surface area contributed by atoms with Gasteiger partial charge in [0.05, 0.1) is 22.9 Å². The van der Waals surface area contributed by atoms with Crippen molar-refractivity contribution in [3.63, 3.8) is 0 Å². The Labute approximate surface area is 153 Å². The van der Waals surface area contributed by atoms with Crippen LogP contribution in [0.5, 0.6) is 0 Å². The number of hydrogen-bond acceptors (Lipinski definition) is 5. The van der Waals surface area contributed by atoms with Gasteiger partial charge in [-0.3, -0.25) is 9.48 Å². The van der Waals surface area contributed by atoms with Gasteiger partial charge in [0.1, 0.15) is 0 Å². The maximum atomic E-state index is 12.6. The topological polar surface area (TPSA) is 93.1 Å². The van der Waals surface area contributed by atoms with Crippen molar-refractivity contribution in [1.29, 1.82) is 0 Å². The van der Waals surface area contributed by atoms with E-state index in [4.69, 9.17) is 0 Å². The number of benzene rings is 1. The zero-order chi connectivity index (χ0) is 18.7. The highest BCUT2D eigenvalue weighted by molar-refractivity contribution is 7.91. The fourth-order valence-corrected chi connectivity index (χ4v) is 4.88. The maximum absolute atomic E-state index is 12.6. The summed E-state index contributed by atoms with van der Waals surface area (Å²) in [4.78, 5) is 12.2. The number of carbonyl (C=O) groups is 1. The van der Waals surface area contributed by atoms with Gasteiger partial charge in [0.25, 0.3) is 0 Å². The van der Waals surface area contributed by atoms with E-state index in [1.807, 2.05) is 20.2 Å². The number of rotatable bonds is 6. The van der Waals surface area contributed by atoms with Gasteiger partial charge in [-0.2, -0.15) is 5.10 Å². The molecule has 1 aromatic heterocycles. The Morgan fingerprint density at radius 3 is 2.73 bits per heavy atom. The van der Waals surface area contributed by atoms with Crippen LogP contribution in [0.2, 0.25) is 0 Å². The van der Waals surface area contributed by atoms with Gasteiger partial charge in [0.15, 0.2) is 9.84 Å². The third-order valence-corrected chi connectivity index (χ3v) is 6.48. The summed E-state index contributed by atoms with van der Waals surface area (Å²) < 4.78 is 26.8. The molecule has 8 heteroatoms. The number of aryl methyl sites for hydroxylation is 1. The number of amides is 1. The first-order valence-electron chi connectivity index (χ1n) is 8.67. The predicted molar refractivity (Wildman–Crippen MR) is 98.2 cm³/mol. The Balaban J connectivity index is 1.70. The summed E-state index contributed by atoms with van der Waals surface area (Å²) in [5.74, 6) is 0.00256. The Bertz CT molecular complexity index is 864. The van der Waals surface area contributed by atoms with E-state index in [0.717, 1.165) is 5.56 Å². The first-order valence-corrected chi connectivity index (χ1v) is 10.3. The van der Waals surface area contributed by atoms with Crippen LogP contribution in [0, 0.1) is 0 Å². The average molecular weight is 376 g/mol. The summed E-state index contributed by atoms with van der Waals surface area (Å²) in [5, 5.41) is 10.6. The fraction of sp³-hybridized carbons (Fsp3) is 0.444. The third-order valence-electron chi connectivity index (χ3n) is 4.56. The number of sulfone groups is 1. The van der Waals surface area contributed by atoms with E-state index >= 15 is 0 Å². The molecule has 1 aliphatic rings. The normalized spacial score (nSPS) is 22.0. The summed E-state index contributed by atoms with van der Waals surface area (Å²) >= 11 is 0. The van der Waals surface area contributed by atoms with Gasteiger partial charge in [0, 0.05) is 37.3 Å². The molecule has 1 saturated heterocycles. The minimum atomic E-state index is -3.37. The number of nitrogens with zero attached hydrogens (tertiary/aromatic N) is 2. The first kappa shape index (κ1) is 18.6. The lowest BCUT2D eigenvalue weighted by atomic mass is 9.93. The van der Waals surface area contributed by atoms with Crippen molar-refractivity contribution in [2.45, 2.75) is 42.8 Å². The van der Waals surface area contributed by atoms with Crippen molar-refractivity contribution in [2.75, 3.05) is 5.75 Å². The van der Waals surface area contributed by atoms with Crippen LogP contribution in [-0.4, -0.2) is 41.9 Å². The first-order chi connectivity index (χ1) is 12.3. The van der Waals surface area contributed by atoms with Crippen molar-refractivity contribution in [3.8, 4) is 0 Å². The number of aromatic nitrogens is 2. The van der Waals surface area contributed by atoms with Crippen molar-refractivity contribution in [2.24, 2.45) is 7.05 Å². The fourth-order valence-electron chi connectivity index (χ4n) is 3.36. The molecule has 3 atom stereocenters. The minimum absolute atomic E-state index is 0.00121. The van der Waals surface area contributed by atoms with Gasteiger partial charge in [-0.25, -0.2) is 8.42 Å². The summed E-state index contributed by atoms with van der Waals surface area (Å²) in [6, 6.07) is 7.95. The predicted octanol–water partition coefficient (Wildman–Crippen LogP) is 1.19. The van der Waals surface area contributed by atoms with Crippen molar-refractivity contribution < 1.29 is 13.2 Å². The van der Waals surface area contributed by atoms with Crippen LogP contribution in [0.1, 0.15) is 31.4 Å². The molecule has 0 radical (unpaired) electrons.